The van der Waals surface area contributed by atoms with Gasteiger partial charge in [-0.25, -0.2) is 8.78 Å². The lowest BCUT2D eigenvalue weighted by Gasteiger charge is -2.25. The van der Waals surface area contributed by atoms with E-state index in [4.69, 9.17) is 5.73 Å². The molecule has 17 heavy (non-hydrogen) atoms. The van der Waals surface area contributed by atoms with Crippen molar-refractivity contribution in [2.75, 3.05) is 11.1 Å². The van der Waals surface area contributed by atoms with E-state index < -0.39 is 11.6 Å². The van der Waals surface area contributed by atoms with Crippen molar-refractivity contribution in [2.24, 2.45) is 11.8 Å². The molecule has 1 aromatic rings. The summed E-state index contributed by atoms with van der Waals surface area (Å²) in [7, 11) is 0. The summed E-state index contributed by atoms with van der Waals surface area (Å²) in [5.74, 6) is -0.338. The SMILES string of the molecule is Nc1ccc(F)c(F)c1NC1CC2CCC1C2. The maximum Gasteiger partial charge on any atom is 0.183 e. The van der Waals surface area contributed by atoms with Crippen LogP contribution in [0, 0.1) is 23.5 Å². The summed E-state index contributed by atoms with van der Waals surface area (Å²) in [6.07, 6.45) is 4.75. The lowest BCUT2D eigenvalue weighted by atomic mass is 9.95. The first-order valence-corrected chi connectivity index (χ1v) is 6.15. The highest BCUT2D eigenvalue weighted by atomic mass is 19.2. The first-order valence-electron chi connectivity index (χ1n) is 6.15. The first kappa shape index (κ1) is 10.8. The molecule has 0 aliphatic heterocycles. The van der Waals surface area contributed by atoms with Gasteiger partial charge in [-0.05, 0) is 43.2 Å². The first-order chi connectivity index (χ1) is 8.15. The predicted molar refractivity (Wildman–Crippen MR) is 63.6 cm³/mol. The van der Waals surface area contributed by atoms with Crippen molar-refractivity contribution in [3.05, 3.63) is 23.8 Å². The molecule has 2 aliphatic rings. The summed E-state index contributed by atoms with van der Waals surface area (Å²) in [6.45, 7) is 0. The Morgan fingerprint density at radius 2 is 2.00 bits per heavy atom. The average Bonchev–Trinajstić information content (AvgIpc) is 2.91. The molecule has 3 rings (SSSR count). The van der Waals surface area contributed by atoms with Gasteiger partial charge in [0, 0.05) is 6.04 Å². The topological polar surface area (TPSA) is 38.0 Å². The second kappa shape index (κ2) is 3.86. The number of nitrogens with two attached hydrogens (primary N) is 1. The van der Waals surface area contributed by atoms with Crippen LogP contribution in [0.1, 0.15) is 25.7 Å². The van der Waals surface area contributed by atoms with Crippen LogP contribution in [0.25, 0.3) is 0 Å². The van der Waals surface area contributed by atoms with Gasteiger partial charge in [0.05, 0.1) is 11.4 Å². The third kappa shape index (κ3) is 1.75. The highest BCUT2D eigenvalue weighted by Gasteiger charge is 2.39. The van der Waals surface area contributed by atoms with Gasteiger partial charge in [-0.15, -0.1) is 0 Å². The fourth-order valence-corrected chi connectivity index (χ4v) is 3.32. The van der Waals surface area contributed by atoms with E-state index in [1.54, 1.807) is 0 Å². The minimum absolute atomic E-state index is 0.141. The van der Waals surface area contributed by atoms with E-state index >= 15 is 0 Å². The quantitative estimate of drug-likeness (QED) is 0.777. The Bertz CT molecular complexity index is 447. The van der Waals surface area contributed by atoms with E-state index in [-0.39, 0.29) is 17.4 Å². The van der Waals surface area contributed by atoms with Crippen molar-refractivity contribution in [1.82, 2.24) is 0 Å². The Balaban J connectivity index is 1.83. The molecule has 1 aromatic carbocycles. The zero-order valence-electron chi connectivity index (χ0n) is 9.55. The van der Waals surface area contributed by atoms with Gasteiger partial charge in [0.25, 0.3) is 0 Å². The number of anilines is 2. The highest BCUT2D eigenvalue weighted by Crippen LogP contribution is 2.46. The summed E-state index contributed by atoms with van der Waals surface area (Å²) < 4.78 is 26.8. The van der Waals surface area contributed by atoms with Crippen LogP contribution in [0.2, 0.25) is 0 Å². The predicted octanol–water partition coefficient (Wildman–Crippen LogP) is 3.15. The molecule has 0 radical (unpaired) electrons. The zero-order chi connectivity index (χ0) is 12.0. The Hall–Kier alpha value is -1.32. The molecule has 2 fully saturated rings. The molecule has 2 bridgehead atoms. The maximum atomic E-state index is 13.6. The van der Waals surface area contributed by atoms with Crippen LogP contribution < -0.4 is 11.1 Å². The van der Waals surface area contributed by atoms with Crippen molar-refractivity contribution in [3.63, 3.8) is 0 Å². The smallest absolute Gasteiger partial charge is 0.183 e. The number of nitrogens with one attached hydrogen (secondary N) is 1. The largest absolute Gasteiger partial charge is 0.397 e. The molecule has 2 saturated carbocycles. The number of halogens is 2. The number of fused-ring (bicyclic) bond motifs is 2. The van der Waals surface area contributed by atoms with Crippen molar-refractivity contribution < 1.29 is 8.78 Å². The number of hydrogen-bond donors (Lipinski definition) is 2. The van der Waals surface area contributed by atoms with Crippen LogP contribution in [0.15, 0.2) is 12.1 Å². The molecule has 92 valence electrons. The van der Waals surface area contributed by atoms with Gasteiger partial charge in [-0.1, -0.05) is 6.42 Å². The van der Waals surface area contributed by atoms with Crippen LogP contribution >= 0.6 is 0 Å². The molecule has 2 aliphatic carbocycles. The molecule has 0 saturated heterocycles. The van der Waals surface area contributed by atoms with Gasteiger partial charge in [-0.3, -0.25) is 0 Å². The fraction of sp³-hybridized carbons (Fsp3) is 0.538. The van der Waals surface area contributed by atoms with Crippen LogP contribution in [0.5, 0.6) is 0 Å². The number of benzene rings is 1. The molecule has 3 unspecified atom stereocenters. The number of nitrogen functional groups attached to an aromatic ring is 1. The zero-order valence-corrected chi connectivity index (χ0v) is 9.55. The van der Waals surface area contributed by atoms with E-state index in [1.807, 2.05) is 0 Å². The summed E-state index contributed by atoms with van der Waals surface area (Å²) in [4.78, 5) is 0. The molecule has 3 atom stereocenters. The van der Waals surface area contributed by atoms with E-state index in [0.29, 0.717) is 5.92 Å². The molecule has 2 nitrogen and oxygen atoms in total. The van der Waals surface area contributed by atoms with Crippen LogP contribution in [0.4, 0.5) is 20.2 Å². The van der Waals surface area contributed by atoms with Crippen LogP contribution in [-0.4, -0.2) is 6.04 Å². The average molecular weight is 238 g/mol. The standard InChI is InChI=1S/C13H16F2N2/c14-9-3-4-10(16)13(12(9)15)17-11-6-7-1-2-8(11)5-7/h3-4,7-8,11,17H,1-2,5-6,16H2. The lowest BCUT2D eigenvalue weighted by molar-refractivity contribution is 0.436. The number of hydrogen-bond acceptors (Lipinski definition) is 2. The van der Waals surface area contributed by atoms with Gasteiger partial charge in [0.15, 0.2) is 11.6 Å². The summed E-state index contributed by atoms with van der Waals surface area (Å²) >= 11 is 0. The molecule has 4 heteroatoms. The van der Waals surface area contributed by atoms with E-state index in [1.165, 1.54) is 25.3 Å². The highest BCUT2D eigenvalue weighted by molar-refractivity contribution is 5.67. The van der Waals surface area contributed by atoms with Gasteiger partial charge >= 0.3 is 0 Å². The van der Waals surface area contributed by atoms with Crippen LogP contribution in [0.3, 0.4) is 0 Å². The van der Waals surface area contributed by atoms with Crippen molar-refractivity contribution in [1.29, 1.82) is 0 Å². The third-order valence-corrected chi connectivity index (χ3v) is 4.19. The summed E-state index contributed by atoms with van der Waals surface area (Å²) in [5, 5.41) is 3.11. The van der Waals surface area contributed by atoms with Crippen molar-refractivity contribution in [2.45, 2.75) is 31.7 Å². The third-order valence-electron chi connectivity index (χ3n) is 4.19. The fourth-order valence-electron chi connectivity index (χ4n) is 3.32. The van der Waals surface area contributed by atoms with Gasteiger partial charge in [-0.2, -0.15) is 0 Å². The van der Waals surface area contributed by atoms with Gasteiger partial charge in [0.2, 0.25) is 0 Å². The molecule has 0 amide bonds. The molecular formula is C13H16F2N2. The number of rotatable bonds is 2. The summed E-state index contributed by atoms with van der Waals surface area (Å²) in [5.41, 5.74) is 6.12. The molecule has 0 heterocycles. The normalized spacial score (nSPS) is 30.8. The van der Waals surface area contributed by atoms with Crippen molar-refractivity contribution >= 4 is 11.4 Å². The maximum absolute atomic E-state index is 13.6. The monoisotopic (exact) mass is 238 g/mol. The Morgan fingerprint density at radius 1 is 1.18 bits per heavy atom. The minimum atomic E-state index is -0.854. The Morgan fingerprint density at radius 3 is 2.65 bits per heavy atom. The Kier molecular flexibility index (Phi) is 2.45. The van der Waals surface area contributed by atoms with Crippen molar-refractivity contribution in [3.8, 4) is 0 Å². The van der Waals surface area contributed by atoms with E-state index in [9.17, 15) is 8.78 Å². The van der Waals surface area contributed by atoms with Gasteiger partial charge in [0.1, 0.15) is 0 Å². The van der Waals surface area contributed by atoms with Crippen LogP contribution in [-0.2, 0) is 0 Å². The second-order valence-electron chi connectivity index (χ2n) is 5.25. The molecule has 0 aromatic heterocycles. The summed E-state index contributed by atoms with van der Waals surface area (Å²) in [6, 6.07) is 2.73. The van der Waals surface area contributed by atoms with E-state index in [2.05, 4.69) is 5.32 Å². The van der Waals surface area contributed by atoms with E-state index in [0.717, 1.165) is 18.4 Å². The molecule has 3 N–H and O–H groups in total. The molecular weight excluding hydrogens is 222 g/mol. The Labute approximate surface area is 99.2 Å². The second-order valence-corrected chi connectivity index (χ2v) is 5.25. The minimum Gasteiger partial charge on any atom is -0.397 e. The van der Waals surface area contributed by atoms with Gasteiger partial charge < -0.3 is 11.1 Å². The molecule has 0 spiro atoms. The lowest BCUT2D eigenvalue weighted by Crippen LogP contribution is -2.27.